The zero-order chi connectivity index (χ0) is 110. The second-order valence-electron chi connectivity index (χ2n) is 40.9. The van der Waals surface area contributed by atoms with Crippen LogP contribution in [-0.2, 0) is 138 Å². The second kappa shape index (κ2) is 77.1. The van der Waals surface area contributed by atoms with Gasteiger partial charge in [0.15, 0.2) is 0 Å². The summed E-state index contributed by atoms with van der Waals surface area (Å²) in [6.45, 7) is 43.2. The fourth-order valence-electron chi connectivity index (χ4n) is 15.0. The summed E-state index contributed by atoms with van der Waals surface area (Å²) < 4.78 is 55.1. The summed E-state index contributed by atoms with van der Waals surface area (Å²) in [5.74, 6) is 0.657. The molecule has 0 unspecified atom stereocenters. The van der Waals surface area contributed by atoms with Crippen molar-refractivity contribution in [2.24, 2.45) is 53.3 Å². The number of hydrogen-bond donors (Lipinski definition) is 6. The van der Waals surface area contributed by atoms with Crippen molar-refractivity contribution in [1.82, 2.24) is 0 Å². The second-order valence-corrected chi connectivity index (χ2v) is 40.9. The third-order valence-corrected chi connectivity index (χ3v) is 21.9. The summed E-state index contributed by atoms with van der Waals surface area (Å²) in [6, 6.07) is 72.2. The molecule has 0 aliphatic heterocycles. The third-order valence-electron chi connectivity index (χ3n) is 21.9. The Morgan fingerprint density at radius 2 is 0.531 bits per heavy atom. The number of esters is 4. The van der Waals surface area contributed by atoms with Crippen LogP contribution in [0.15, 0.2) is 224 Å². The number of aliphatic hydroxyl groups excluding tert-OH is 1. The summed E-state index contributed by atoms with van der Waals surface area (Å²) in [5.41, 5.74) is 20.0. The molecule has 9 rings (SSSR count). The highest BCUT2D eigenvalue weighted by molar-refractivity contribution is 5.90. The fourth-order valence-corrected chi connectivity index (χ4v) is 15.0. The van der Waals surface area contributed by atoms with Gasteiger partial charge in [-0.05, 0) is 309 Å². The highest BCUT2D eigenvalue weighted by atomic mass is 19.4. The van der Waals surface area contributed by atoms with Gasteiger partial charge < -0.3 is 49.6 Å². The van der Waals surface area contributed by atoms with Crippen LogP contribution < -0.4 is 0 Å². The third kappa shape index (κ3) is 72.6. The Balaban J connectivity index is 0.000000829. The van der Waals surface area contributed by atoms with Gasteiger partial charge in [0.05, 0.1) is 49.5 Å². The molecule has 9 aromatic rings. The van der Waals surface area contributed by atoms with E-state index in [1.165, 1.54) is 73.9 Å². The van der Waals surface area contributed by atoms with E-state index in [4.69, 9.17) is 40.1 Å². The van der Waals surface area contributed by atoms with Gasteiger partial charge >= 0.3 is 59.9 Å². The highest BCUT2D eigenvalue weighted by Gasteiger charge is 2.32. The Hall–Kier alpha value is -12.3. The van der Waals surface area contributed by atoms with Crippen LogP contribution in [0.1, 0.15) is 324 Å². The monoisotopic (exact) mass is 2040 g/mol. The first-order valence-corrected chi connectivity index (χ1v) is 52.3. The predicted octanol–water partition coefficient (Wildman–Crippen LogP) is 29.0. The van der Waals surface area contributed by atoms with Crippen LogP contribution in [-0.4, -0.2) is 124 Å². The van der Waals surface area contributed by atoms with Crippen molar-refractivity contribution in [3.63, 3.8) is 0 Å². The van der Waals surface area contributed by atoms with E-state index in [1.807, 2.05) is 86.6 Å². The molecule has 0 aromatic heterocycles. The van der Waals surface area contributed by atoms with Gasteiger partial charge in [0, 0.05) is 38.2 Å². The number of carboxylic acids is 5. The predicted molar refractivity (Wildman–Crippen MR) is 588 cm³/mol. The van der Waals surface area contributed by atoms with Crippen molar-refractivity contribution in [2.75, 3.05) is 26.9 Å². The van der Waals surface area contributed by atoms with Gasteiger partial charge in [0.25, 0.3) is 0 Å². The molecular formula is C125H173F3O19. The van der Waals surface area contributed by atoms with Gasteiger partial charge in [-0.1, -0.05) is 313 Å². The van der Waals surface area contributed by atoms with Gasteiger partial charge in [-0.3, -0.25) is 24.0 Å². The first-order valence-electron chi connectivity index (χ1n) is 52.3. The lowest BCUT2D eigenvalue weighted by molar-refractivity contribution is -0.157. The lowest BCUT2D eigenvalue weighted by Crippen LogP contribution is -2.25. The van der Waals surface area contributed by atoms with Crippen molar-refractivity contribution < 1.29 is 106 Å². The molecule has 0 bridgehead atoms. The molecule has 9 aromatic carbocycles. The van der Waals surface area contributed by atoms with Crippen LogP contribution in [0.4, 0.5) is 13.2 Å². The Bertz CT molecular complexity index is 5110. The van der Waals surface area contributed by atoms with Gasteiger partial charge in [-0.2, -0.15) is 13.2 Å². The quantitative estimate of drug-likeness (QED) is 0.00893. The number of ether oxygens (including phenoxy) is 4. The van der Waals surface area contributed by atoms with Crippen LogP contribution in [0.5, 0.6) is 0 Å². The molecule has 0 saturated carbocycles. The summed E-state index contributed by atoms with van der Waals surface area (Å²) in [6.07, 6.45) is 15.1. The maximum Gasteiger partial charge on any atom is 0.391 e. The van der Waals surface area contributed by atoms with E-state index in [-0.39, 0.29) is 36.3 Å². The zero-order valence-corrected chi connectivity index (χ0v) is 91.6. The van der Waals surface area contributed by atoms with Gasteiger partial charge in [0.1, 0.15) is 6.61 Å². The number of aliphatic hydroxyl groups is 1. The standard InChI is InChI=1S/2C16H24O2.C15H19F3O3.C15H22O2.C14H20O2.C13H18O2.C13H16O2.C12H16O2.C11H14O2/c1-13(2)12-15-10-8-14(9-11-15)6-4-3-5-7-16(17)18;1-4-18-16(17)7-5-6-14-8-10-15(11-9-14)12-13(2)3;1-10(2)7-11-3-5-12(6-4-11)14(20)21-9-13(19)8-15(16,17)18;1-4-17-15(16)10-9-13-5-7-14(8-6-13)11-12(2)3;1-11(2)10-13-8-6-12(7-9-13)4-3-5-14(15)16;2*1-10(2)9-12-5-3-11(4-6-12)7-8-13(14)15;1-9(2)8-10-4-6-11(7-5-10)12(13)14-3;1-8(2)7-9-3-5-10(6-4-9)11(12)13/h8-11,13H,3-7,12H2,1-2H3,(H,17,18);8-11,13H,4-7,12H2,1-3H3;3-6,10,13,19H,7-9H2,1-2H3;5-8,12H,4,9-11H2,1-3H3;6-9,11H,3-5,10H2,1-2H3,(H,15,16);3-6,10H,7-9H2,1-2H3,(H,14,15);3-8,10H,9H2,1-2H3,(H,14,15);4-7,9H,8H2,1-3H3;3-6,8H,7H2,1-2H3,(H,12,13)/b;;;;;;8-7+;;/t;;13-;;;;;;/m..1....../s1. The number of unbranched alkanes of at least 4 members (excludes halogenated alkanes) is 2. The number of halogens is 3. The van der Waals surface area contributed by atoms with Gasteiger partial charge in [0.2, 0.25) is 0 Å². The number of aliphatic carboxylic acids is 4. The van der Waals surface area contributed by atoms with E-state index in [2.05, 4.69) is 243 Å². The molecule has 147 heavy (non-hydrogen) atoms. The normalized spacial score (nSPS) is 11.0. The number of carbonyl (C=O) groups excluding carboxylic acids is 4. The van der Waals surface area contributed by atoms with Gasteiger partial charge in [-0.25, -0.2) is 19.2 Å². The summed E-state index contributed by atoms with van der Waals surface area (Å²) in [7, 11) is 1.39. The van der Waals surface area contributed by atoms with Crippen molar-refractivity contribution >= 4 is 59.8 Å². The lowest BCUT2D eigenvalue weighted by Gasteiger charge is -2.13. The van der Waals surface area contributed by atoms with Crippen LogP contribution >= 0.6 is 0 Å². The minimum Gasteiger partial charge on any atom is -0.481 e. The molecule has 0 spiro atoms. The number of carbonyl (C=O) groups is 9. The molecule has 808 valence electrons. The largest absolute Gasteiger partial charge is 0.481 e. The van der Waals surface area contributed by atoms with Crippen molar-refractivity contribution in [2.45, 2.75) is 311 Å². The molecule has 19 nitrogen and oxygen atoms in total. The topological polar surface area (TPSA) is 312 Å². The van der Waals surface area contributed by atoms with Crippen molar-refractivity contribution in [1.29, 1.82) is 0 Å². The number of aromatic carboxylic acids is 1. The zero-order valence-electron chi connectivity index (χ0n) is 91.6. The molecule has 0 fully saturated rings. The maximum absolute atomic E-state index is 12.0. The summed E-state index contributed by atoms with van der Waals surface area (Å²) in [5, 5.41) is 51.9. The van der Waals surface area contributed by atoms with Crippen molar-refractivity contribution in [3.05, 3.63) is 325 Å². The average molecular weight is 2040 g/mol. The lowest BCUT2D eigenvalue weighted by atomic mass is 10.00. The van der Waals surface area contributed by atoms with E-state index < -0.39 is 61.1 Å². The van der Waals surface area contributed by atoms with Crippen LogP contribution in [0.3, 0.4) is 0 Å². The fraction of sp³-hybridized carbons (Fsp3) is 0.480. The number of rotatable bonds is 48. The molecule has 0 amide bonds. The molecule has 0 aliphatic carbocycles. The maximum atomic E-state index is 12.0. The Kier molecular flexibility index (Phi) is 69.6. The van der Waals surface area contributed by atoms with E-state index in [1.54, 1.807) is 42.5 Å². The smallest absolute Gasteiger partial charge is 0.391 e. The SMILES string of the molecule is CC(C)Cc1ccc(/C=C/C(=O)O)cc1.CC(C)Cc1ccc(C(=O)O)cc1.CC(C)Cc1ccc(C(=O)OC[C@H](O)CC(F)(F)F)cc1.CC(C)Cc1ccc(CCC(=O)O)cc1.CC(C)Cc1ccc(CCCC(=O)O)cc1.CC(C)Cc1ccc(CCCCCC(=O)O)cc1.CCOC(=O)CCCc1ccc(CC(C)C)cc1.CCOC(=O)CCc1ccc(CC(C)C)cc1.COC(=O)c1ccc(CC(C)C)cc1. The van der Waals surface area contributed by atoms with Crippen LogP contribution in [0, 0.1) is 53.3 Å². The molecule has 0 heterocycles. The number of alkyl halides is 3. The molecule has 0 radical (unpaired) electrons. The molecular weight excluding hydrogens is 1860 g/mol. The van der Waals surface area contributed by atoms with Gasteiger partial charge in [-0.15, -0.1) is 0 Å². The average Bonchev–Trinajstić information content (AvgIpc) is 0.873. The number of methoxy groups -OCH3 is 1. The van der Waals surface area contributed by atoms with E-state index in [0.717, 1.165) is 138 Å². The molecule has 0 saturated heterocycles. The Morgan fingerprint density at radius 3 is 0.803 bits per heavy atom. The first-order chi connectivity index (χ1) is 69.4. The molecule has 0 aliphatic rings. The van der Waals surface area contributed by atoms with Crippen LogP contribution in [0.25, 0.3) is 6.08 Å². The number of hydrogen-bond acceptors (Lipinski definition) is 14. The molecule has 1 atom stereocenters. The molecule has 22 heteroatoms. The van der Waals surface area contributed by atoms with E-state index in [0.29, 0.717) is 103 Å². The van der Waals surface area contributed by atoms with Crippen molar-refractivity contribution in [3.8, 4) is 0 Å². The number of aryl methyl sites for hydroxylation is 5. The van der Waals surface area contributed by atoms with E-state index in [9.17, 15) is 56.3 Å². The number of benzene rings is 9. The first kappa shape index (κ1) is 133. The minimum atomic E-state index is -4.48. The van der Waals surface area contributed by atoms with Crippen LogP contribution in [0.2, 0.25) is 0 Å². The number of carboxylic acid groups (broad SMARTS) is 5. The Morgan fingerprint density at radius 1 is 0.286 bits per heavy atom. The summed E-state index contributed by atoms with van der Waals surface area (Å²) in [4.78, 5) is 97.1. The summed E-state index contributed by atoms with van der Waals surface area (Å²) >= 11 is 0. The molecule has 6 N–H and O–H groups in total. The minimum absolute atomic E-state index is 0.0890. The Labute approximate surface area is 876 Å². The highest BCUT2D eigenvalue weighted by Crippen LogP contribution is 2.24. The van der Waals surface area contributed by atoms with E-state index >= 15 is 0 Å².